The van der Waals surface area contributed by atoms with Crippen LogP contribution in [-0.4, -0.2) is 17.0 Å². The summed E-state index contributed by atoms with van der Waals surface area (Å²) in [4.78, 5) is 10.8. The number of carbonyl (C=O) groups excluding carboxylic acids is 1. The molecule has 1 heterocycles. The Hall–Kier alpha value is -2.03. The zero-order valence-electron chi connectivity index (χ0n) is 9.96. The van der Waals surface area contributed by atoms with E-state index < -0.39 is 0 Å². The molecule has 3 nitrogen and oxygen atoms in total. The lowest BCUT2D eigenvalue weighted by Crippen LogP contribution is -2.05. The number of hydrogen-bond acceptors (Lipinski definition) is 2. The van der Waals surface area contributed by atoms with E-state index in [1.165, 1.54) is 0 Å². The van der Waals surface area contributed by atoms with Gasteiger partial charge in [0.2, 0.25) is 0 Å². The summed E-state index contributed by atoms with van der Waals surface area (Å²) >= 11 is 0. The summed E-state index contributed by atoms with van der Waals surface area (Å²) in [5, 5.41) is 0. The van der Waals surface area contributed by atoms with Crippen LogP contribution in [0.2, 0.25) is 0 Å². The summed E-state index contributed by atoms with van der Waals surface area (Å²) in [6.45, 7) is 3.98. The molecule has 0 aliphatic rings. The van der Waals surface area contributed by atoms with Crippen molar-refractivity contribution in [2.24, 2.45) is 0 Å². The minimum atomic E-state index is 0.165. The lowest BCUT2D eigenvalue weighted by molar-refractivity contribution is 0.111. The van der Waals surface area contributed by atoms with Gasteiger partial charge in [-0.25, -0.2) is 0 Å². The molecule has 0 unspecified atom stereocenters. The molecule has 0 saturated heterocycles. The Morgan fingerprint density at radius 2 is 1.88 bits per heavy atom. The largest absolute Gasteiger partial charge is 0.491 e. The average molecular weight is 229 g/mol. The van der Waals surface area contributed by atoms with Crippen LogP contribution in [0.25, 0.3) is 5.69 Å². The molecule has 0 saturated carbocycles. The number of benzene rings is 1. The van der Waals surface area contributed by atoms with E-state index in [2.05, 4.69) is 0 Å². The van der Waals surface area contributed by atoms with Gasteiger partial charge in [0.15, 0.2) is 6.29 Å². The van der Waals surface area contributed by atoms with Crippen LogP contribution < -0.4 is 4.74 Å². The van der Waals surface area contributed by atoms with E-state index in [1.807, 2.05) is 54.9 Å². The first-order chi connectivity index (χ1) is 8.20. The topological polar surface area (TPSA) is 31.2 Å². The van der Waals surface area contributed by atoms with Crippen molar-refractivity contribution in [3.8, 4) is 11.4 Å². The van der Waals surface area contributed by atoms with Crippen LogP contribution in [0, 0.1) is 0 Å². The van der Waals surface area contributed by atoms with Gasteiger partial charge in [0.1, 0.15) is 5.75 Å². The number of nitrogens with zero attached hydrogens (tertiary/aromatic N) is 1. The maximum atomic E-state index is 10.8. The van der Waals surface area contributed by atoms with E-state index in [0.717, 1.165) is 17.7 Å². The number of carbonyl (C=O) groups is 1. The maximum Gasteiger partial charge on any atom is 0.166 e. The van der Waals surface area contributed by atoms with Crippen molar-refractivity contribution in [2.75, 3.05) is 0 Å². The van der Waals surface area contributed by atoms with E-state index in [4.69, 9.17) is 4.74 Å². The average Bonchev–Trinajstić information content (AvgIpc) is 2.77. The zero-order chi connectivity index (χ0) is 12.3. The molecule has 2 rings (SSSR count). The highest BCUT2D eigenvalue weighted by atomic mass is 16.5. The van der Waals surface area contributed by atoms with Gasteiger partial charge in [0.25, 0.3) is 0 Å². The number of rotatable bonds is 4. The summed E-state index contributed by atoms with van der Waals surface area (Å²) in [5.41, 5.74) is 1.59. The molecule has 0 bridgehead atoms. The third-order valence-electron chi connectivity index (χ3n) is 2.39. The van der Waals surface area contributed by atoms with E-state index in [-0.39, 0.29) is 6.10 Å². The fourth-order valence-corrected chi connectivity index (χ4v) is 1.68. The Bertz CT molecular complexity index is 497. The van der Waals surface area contributed by atoms with Crippen LogP contribution in [0.1, 0.15) is 24.3 Å². The maximum absolute atomic E-state index is 10.8. The van der Waals surface area contributed by atoms with Crippen LogP contribution in [-0.2, 0) is 0 Å². The Labute approximate surface area is 101 Å². The standard InChI is InChI=1S/C14H15NO2/c1-11(2)17-14-7-5-12(6-8-14)15-9-3-4-13(15)10-16/h3-11H,1-2H3. The minimum Gasteiger partial charge on any atom is -0.491 e. The normalized spacial score (nSPS) is 10.5. The van der Waals surface area contributed by atoms with Gasteiger partial charge >= 0.3 is 0 Å². The van der Waals surface area contributed by atoms with Gasteiger partial charge in [-0.05, 0) is 50.2 Å². The first kappa shape index (κ1) is 11.5. The quantitative estimate of drug-likeness (QED) is 0.754. The Morgan fingerprint density at radius 3 is 2.47 bits per heavy atom. The van der Waals surface area contributed by atoms with Gasteiger partial charge in [-0.1, -0.05) is 0 Å². The molecule has 0 aliphatic heterocycles. The fraction of sp³-hybridized carbons (Fsp3) is 0.214. The number of hydrogen-bond donors (Lipinski definition) is 0. The van der Waals surface area contributed by atoms with Crippen molar-refractivity contribution < 1.29 is 9.53 Å². The molecular weight excluding hydrogens is 214 g/mol. The lowest BCUT2D eigenvalue weighted by Gasteiger charge is -2.11. The van der Waals surface area contributed by atoms with Gasteiger partial charge in [-0.15, -0.1) is 0 Å². The van der Waals surface area contributed by atoms with Crippen LogP contribution in [0.3, 0.4) is 0 Å². The first-order valence-corrected chi connectivity index (χ1v) is 5.60. The summed E-state index contributed by atoms with van der Waals surface area (Å²) in [5.74, 6) is 0.837. The molecule has 88 valence electrons. The van der Waals surface area contributed by atoms with Crippen LogP contribution in [0.4, 0.5) is 0 Å². The monoisotopic (exact) mass is 229 g/mol. The Morgan fingerprint density at radius 1 is 1.18 bits per heavy atom. The molecule has 1 aromatic carbocycles. The fourth-order valence-electron chi connectivity index (χ4n) is 1.68. The van der Waals surface area contributed by atoms with Crippen molar-refractivity contribution in [1.82, 2.24) is 4.57 Å². The van der Waals surface area contributed by atoms with Crippen molar-refractivity contribution >= 4 is 6.29 Å². The summed E-state index contributed by atoms with van der Waals surface area (Å²) in [6, 6.07) is 11.3. The second-order valence-corrected chi connectivity index (χ2v) is 4.08. The van der Waals surface area contributed by atoms with Gasteiger partial charge in [0, 0.05) is 11.9 Å². The predicted octanol–water partition coefficient (Wildman–Crippen LogP) is 3.08. The van der Waals surface area contributed by atoms with Crippen LogP contribution in [0.15, 0.2) is 42.6 Å². The van der Waals surface area contributed by atoms with E-state index in [9.17, 15) is 4.79 Å². The third-order valence-corrected chi connectivity index (χ3v) is 2.39. The Balaban J connectivity index is 2.26. The Kier molecular flexibility index (Phi) is 3.28. The minimum absolute atomic E-state index is 0.165. The highest BCUT2D eigenvalue weighted by Gasteiger charge is 2.03. The van der Waals surface area contributed by atoms with Gasteiger partial charge in [-0.3, -0.25) is 4.79 Å². The van der Waals surface area contributed by atoms with Crippen molar-refractivity contribution in [1.29, 1.82) is 0 Å². The molecular formula is C14H15NO2. The van der Waals surface area contributed by atoms with Crippen molar-refractivity contribution in [3.05, 3.63) is 48.3 Å². The molecule has 0 atom stereocenters. The highest BCUT2D eigenvalue weighted by molar-refractivity contribution is 5.73. The molecule has 0 fully saturated rings. The molecule has 0 amide bonds. The second-order valence-electron chi connectivity index (χ2n) is 4.08. The van der Waals surface area contributed by atoms with E-state index in [0.29, 0.717) is 5.69 Å². The second kappa shape index (κ2) is 4.87. The number of aromatic nitrogens is 1. The summed E-state index contributed by atoms with van der Waals surface area (Å²) in [6.07, 6.45) is 2.87. The van der Waals surface area contributed by atoms with Crippen molar-refractivity contribution in [2.45, 2.75) is 20.0 Å². The molecule has 1 aromatic heterocycles. The van der Waals surface area contributed by atoms with Crippen LogP contribution in [0.5, 0.6) is 5.75 Å². The van der Waals surface area contributed by atoms with E-state index >= 15 is 0 Å². The van der Waals surface area contributed by atoms with Gasteiger partial charge in [-0.2, -0.15) is 0 Å². The predicted molar refractivity (Wildman–Crippen MR) is 66.9 cm³/mol. The molecule has 0 spiro atoms. The molecule has 17 heavy (non-hydrogen) atoms. The molecule has 0 radical (unpaired) electrons. The van der Waals surface area contributed by atoms with Crippen molar-refractivity contribution in [3.63, 3.8) is 0 Å². The lowest BCUT2D eigenvalue weighted by atomic mass is 10.3. The first-order valence-electron chi connectivity index (χ1n) is 5.60. The molecule has 0 N–H and O–H groups in total. The van der Waals surface area contributed by atoms with Gasteiger partial charge < -0.3 is 9.30 Å². The SMILES string of the molecule is CC(C)Oc1ccc(-n2cccc2C=O)cc1. The molecule has 0 aliphatic carbocycles. The smallest absolute Gasteiger partial charge is 0.166 e. The molecule has 3 heteroatoms. The third kappa shape index (κ3) is 2.56. The molecule has 2 aromatic rings. The zero-order valence-corrected chi connectivity index (χ0v) is 9.96. The van der Waals surface area contributed by atoms with E-state index in [1.54, 1.807) is 6.07 Å². The number of aldehydes is 1. The van der Waals surface area contributed by atoms with Crippen LogP contribution >= 0.6 is 0 Å². The van der Waals surface area contributed by atoms with Gasteiger partial charge in [0.05, 0.1) is 11.8 Å². The highest BCUT2D eigenvalue weighted by Crippen LogP contribution is 2.17. The summed E-state index contributed by atoms with van der Waals surface area (Å²) in [7, 11) is 0. The summed E-state index contributed by atoms with van der Waals surface area (Å²) < 4.78 is 7.40. The number of ether oxygens (including phenoxy) is 1.